The van der Waals surface area contributed by atoms with Crippen LogP contribution in [0.1, 0.15) is 41.8 Å². The Morgan fingerprint density at radius 2 is 2.21 bits per heavy atom. The van der Waals surface area contributed by atoms with Crippen LogP contribution in [-0.4, -0.2) is 29.0 Å². The second-order valence-electron chi connectivity index (χ2n) is 5.43. The number of nitrogens with one attached hydrogen (secondary N) is 1. The van der Waals surface area contributed by atoms with Crippen molar-refractivity contribution in [2.75, 3.05) is 13.1 Å². The van der Waals surface area contributed by atoms with Gasteiger partial charge in [-0.05, 0) is 39.0 Å². The van der Waals surface area contributed by atoms with Gasteiger partial charge in [0.1, 0.15) is 5.01 Å². The maximum Gasteiger partial charge on any atom is 0.317 e. The molecule has 1 saturated heterocycles. The molecule has 106 valence electrons. The monoisotopic (exact) mass is 281 g/mol. The van der Waals surface area contributed by atoms with E-state index in [2.05, 4.69) is 24.1 Å². The minimum atomic E-state index is 0.0552. The molecule has 1 unspecified atom stereocenters. The summed E-state index contributed by atoms with van der Waals surface area (Å²) < 4.78 is 0. The summed E-state index contributed by atoms with van der Waals surface area (Å²) in [6, 6.07) is 0.0552. The van der Waals surface area contributed by atoms with E-state index in [0.717, 1.165) is 42.6 Å². The van der Waals surface area contributed by atoms with Gasteiger partial charge in [0, 0.05) is 18.0 Å². The maximum atomic E-state index is 12.1. The molecule has 1 atom stereocenters. The molecule has 4 nitrogen and oxygen atoms in total. The predicted molar refractivity (Wildman–Crippen MR) is 78.4 cm³/mol. The van der Waals surface area contributed by atoms with Gasteiger partial charge in [0.25, 0.3) is 0 Å². The lowest BCUT2D eigenvalue weighted by molar-refractivity contribution is 0.199. The van der Waals surface area contributed by atoms with Gasteiger partial charge in [0.15, 0.2) is 0 Å². The number of nitrogens with zero attached hydrogens (tertiary/aromatic N) is 2. The van der Waals surface area contributed by atoms with Gasteiger partial charge >= 0.3 is 6.03 Å². The average molecular weight is 281 g/mol. The van der Waals surface area contributed by atoms with Gasteiger partial charge in [-0.2, -0.15) is 0 Å². The minimum Gasteiger partial charge on any atom is -0.331 e. The van der Waals surface area contributed by atoms with E-state index in [9.17, 15) is 4.79 Å². The summed E-state index contributed by atoms with van der Waals surface area (Å²) in [5.74, 6) is 0.738. The number of aryl methyl sites for hydroxylation is 2. The summed E-state index contributed by atoms with van der Waals surface area (Å²) in [6.07, 6.45) is 3.46. The van der Waals surface area contributed by atoms with Crippen LogP contribution in [0, 0.1) is 19.8 Å². The van der Waals surface area contributed by atoms with Crippen LogP contribution in [0.2, 0.25) is 0 Å². The van der Waals surface area contributed by atoms with Gasteiger partial charge < -0.3 is 10.2 Å². The number of aromatic nitrogens is 1. The highest BCUT2D eigenvalue weighted by molar-refractivity contribution is 7.11. The van der Waals surface area contributed by atoms with Crippen molar-refractivity contribution >= 4 is 17.4 Å². The molecule has 0 aliphatic carbocycles. The SMILES string of the molecule is Cc1nc(CNC(=O)N2CCCC(C)CC2)sc1C. The van der Waals surface area contributed by atoms with E-state index < -0.39 is 0 Å². The molecule has 2 heterocycles. The van der Waals surface area contributed by atoms with Crippen molar-refractivity contribution in [3.8, 4) is 0 Å². The van der Waals surface area contributed by atoms with Gasteiger partial charge in [-0.25, -0.2) is 9.78 Å². The van der Waals surface area contributed by atoms with Crippen LogP contribution in [-0.2, 0) is 6.54 Å². The summed E-state index contributed by atoms with van der Waals surface area (Å²) in [6.45, 7) is 8.64. The number of hydrogen-bond acceptors (Lipinski definition) is 3. The Hall–Kier alpha value is -1.10. The van der Waals surface area contributed by atoms with Crippen molar-refractivity contribution in [2.24, 2.45) is 5.92 Å². The molecule has 1 aliphatic rings. The van der Waals surface area contributed by atoms with E-state index in [0.29, 0.717) is 6.54 Å². The van der Waals surface area contributed by atoms with Gasteiger partial charge in [0.2, 0.25) is 0 Å². The number of hydrogen-bond donors (Lipinski definition) is 1. The molecule has 5 heteroatoms. The Morgan fingerprint density at radius 1 is 1.42 bits per heavy atom. The van der Waals surface area contributed by atoms with E-state index in [1.165, 1.54) is 11.3 Å². The fourth-order valence-corrected chi connectivity index (χ4v) is 3.22. The lowest BCUT2D eigenvalue weighted by Gasteiger charge is -2.20. The van der Waals surface area contributed by atoms with Crippen LogP contribution < -0.4 is 5.32 Å². The smallest absolute Gasteiger partial charge is 0.317 e. The van der Waals surface area contributed by atoms with Crippen LogP contribution in [0.25, 0.3) is 0 Å². The molecule has 0 aromatic carbocycles. The molecule has 2 amide bonds. The molecule has 1 aliphatic heterocycles. The first kappa shape index (κ1) is 14.3. The third-order valence-electron chi connectivity index (χ3n) is 3.77. The standard InChI is InChI=1S/C14H23N3OS/c1-10-5-4-7-17(8-6-10)14(18)15-9-13-16-11(2)12(3)19-13/h10H,4-9H2,1-3H3,(H,15,18). The highest BCUT2D eigenvalue weighted by Gasteiger charge is 2.18. The second kappa shape index (κ2) is 6.37. The summed E-state index contributed by atoms with van der Waals surface area (Å²) in [5, 5.41) is 3.98. The van der Waals surface area contributed by atoms with Gasteiger partial charge in [-0.3, -0.25) is 0 Å². The van der Waals surface area contributed by atoms with E-state index in [1.54, 1.807) is 11.3 Å². The van der Waals surface area contributed by atoms with Gasteiger partial charge in [0.05, 0.1) is 12.2 Å². The molecular weight excluding hydrogens is 258 g/mol. The average Bonchev–Trinajstić information content (AvgIpc) is 2.58. The van der Waals surface area contributed by atoms with E-state index >= 15 is 0 Å². The fourth-order valence-electron chi connectivity index (χ4n) is 2.34. The van der Waals surface area contributed by atoms with E-state index in [1.807, 2.05) is 11.8 Å². The normalized spacial score (nSPS) is 20.2. The molecule has 0 radical (unpaired) electrons. The first-order valence-electron chi connectivity index (χ1n) is 7.02. The zero-order chi connectivity index (χ0) is 13.8. The zero-order valence-electron chi connectivity index (χ0n) is 12.0. The predicted octanol–water partition coefficient (Wildman–Crippen LogP) is 3.09. The fraction of sp³-hybridized carbons (Fsp3) is 0.714. The van der Waals surface area contributed by atoms with Crippen LogP contribution in [0.3, 0.4) is 0 Å². The molecule has 1 aromatic rings. The number of carbonyl (C=O) groups excluding carboxylic acids is 1. The minimum absolute atomic E-state index is 0.0552. The van der Waals surface area contributed by atoms with Crippen molar-refractivity contribution in [3.05, 3.63) is 15.6 Å². The highest BCUT2D eigenvalue weighted by Crippen LogP contribution is 2.18. The molecule has 0 spiro atoms. The Labute approximate surface area is 119 Å². The third kappa shape index (κ3) is 3.93. The number of urea groups is 1. The molecule has 19 heavy (non-hydrogen) atoms. The van der Waals surface area contributed by atoms with Crippen LogP contribution in [0.5, 0.6) is 0 Å². The highest BCUT2D eigenvalue weighted by atomic mass is 32.1. The Kier molecular flexibility index (Phi) is 4.80. The number of amides is 2. The molecule has 1 N–H and O–H groups in total. The number of rotatable bonds is 2. The van der Waals surface area contributed by atoms with Crippen molar-refractivity contribution in [3.63, 3.8) is 0 Å². The van der Waals surface area contributed by atoms with Gasteiger partial charge in [-0.1, -0.05) is 6.92 Å². The first-order valence-corrected chi connectivity index (χ1v) is 7.83. The molecule has 1 fully saturated rings. The topological polar surface area (TPSA) is 45.2 Å². The summed E-state index contributed by atoms with van der Waals surface area (Å²) in [5.41, 5.74) is 1.07. The molecular formula is C14H23N3OS. The molecule has 1 aromatic heterocycles. The van der Waals surface area contributed by atoms with Crippen molar-refractivity contribution in [2.45, 2.75) is 46.6 Å². The maximum absolute atomic E-state index is 12.1. The Balaban J connectivity index is 1.83. The van der Waals surface area contributed by atoms with Crippen molar-refractivity contribution < 1.29 is 4.79 Å². The number of thiazole rings is 1. The Bertz CT molecular complexity index is 424. The van der Waals surface area contributed by atoms with E-state index in [4.69, 9.17) is 0 Å². The quantitative estimate of drug-likeness (QED) is 0.905. The van der Waals surface area contributed by atoms with Crippen LogP contribution in [0.4, 0.5) is 4.79 Å². The lowest BCUT2D eigenvalue weighted by Crippen LogP contribution is -2.40. The van der Waals surface area contributed by atoms with Crippen LogP contribution >= 0.6 is 11.3 Å². The summed E-state index contributed by atoms with van der Waals surface area (Å²) in [7, 11) is 0. The van der Waals surface area contributed by atoms with E-state index in [-0.39, 0.29) is 6.03 Å². The van der Waals surface area contributed by atoms with Crippen LogP contribution in [0.15, 0.2) is 0 Å². The van der Waals surface area contributed by atoms with Crippen molar-refractivity contribution in [1.29, 1.82) is 0 Å². The van der Waals surface area contributed by atoms with Gasteiger partial charge in [-0.15, -0.1) is 11.3 Å². The third-order valence-corrected chi connectivity index (χ3v) is 4.84. The number of carbonyl (C=O) groups is 1. The van der Waals surface area contributed by atoms with Crippen molar-refractivity contribution in [1.82, 2.24) is 15.2 Å². The first-order chi connectivity index (χ1) is 9.06. The lowest BCUT2D eigenvalue weighted by atomic mass is 10.0. The second-order valence-corrected chi connectivity index (χ2v) is 6.72. The summed E-state index contributed by atoms with van der Waals surface area (Å²) >= 11 is 1.66. The molecule has 0 bridgehead atoms. The zero-order valence-corrected chi connectivity index (χ0v) is 12.8. The Morgan fingerprint density at radius 3 is 2.89 bits per heavy atom. The molecule has 2 rings (SSSR count). The largest absolute Gasteiger partial charge is 0.331 e. The number of likely N-dealkylation sites (tertiary alicyclic amines) is 1. The summed E-state index contributed by atoms with van der Waals surface area (Å²) in [4.78, 5) is 19.7. The molecule has 0 saturated carbocycles.